The summed E-state index contributed by atoms with van der Waals surface area (Å²) in [5.74, 6) is 0.267. The fraction of sp³-hybridized carbons (Fsp3) is 0.278. The highest BCUT2D eigenvalue weighted by molar-refractivity contribution is 6.30. The van der Waals surface area contributed by atoms with Gasteiger partial charge in [0.2, 0.25) is 0 Å². The third kappa shape index (κ3) is 2.73. The number of rotatable bonds is 2. The van der Waals surface area contributed by atoms with Crippen molar-refractivity contribution in [2.45, 2.75) is 25.0 Å². The lowest BCUT2D eigenvalue weighted by molar-refractivity contribution is -0.159. The fourth-order valence-corrected chi connectivity index (χ4v) is 3.36. The second kappa shape index (κ2) is 5.45. The molecule has 124 valence electrons. The van der Waals surface area contributed by atoms with E-state index in [0.717, 1.165) is 16.8 Å². The van der Waals surface area contributed by atoms with E-state index in [2.05, 4.69) is 9.84 Å². The van der Waals surface area contributed by atoms with E-state index >= 15 is 0 Å². The number of ether oxygens (including phenoxy) is 1. The van der Waals surface area contributed by atoms with Crippen molar-refractivity contribution in [3.8, 4) is 5.75 Å². The van der Waals surface area contributed by atoms with Crippen LogP contribution < -0.4 is 4.74 Å². The molecule has 0 saturated carbocycles. The molecule has 2 aromatic carbocycles. The smallest absolute Gasteiger partial charge is 0.402 e. The van der Waals surface area contributed by atoms with Crippen LogP contribution in [0.5, 0.6) is 5.75 Å². The Balaban J connectivity index is 1.58. The number of hydrogen-bond acceptors (Lipinski definition) is 3. The molecule has 1 atom stereocenters. The largest absolute Gasteiger partial charge is 0.432 e. The maximum atomic E-state index is 13.4. The van der Waals surface area contributed by atoms with Gasteiger partial charge in [-0.2, -0.15) is 13.9 Å². The monoisotopic (exact) mass is 348 g/mol. The molecule has 0 aromatic heterocycles. The predicted octanol–water partition coefficient (Wildman–Crippen LogP) is 4.65. The van der Waals surface area contributed by atoms with E-state index in [0.29, 0.717) is 17.0 Å². The SMILES string of the molecule is CN1N=C(c2ccc(Cl)cc2)CC1c1ccc2c(c1)CC(F)(F)O2. The molecule has 0 saturated heterocycles. The number of nitrogens with zero attached hydrogens (tertiary/aromatic N) is 2. The van der Waals surface area contributed by atoms with Crippen LogP contribution >= 0.6 is 11.6 Å². The molecule has 4 rings (SSSR count). The summed E-state index contributed by atoms with van der Waals surface area (Å²) in [6.07, 6.45) is -2.76. The van der Waals surface area contributed by atoms with Gasteiger partial charge < -0.3 is 4.74 Å². The Morgan fingerprint density at radius 1 is 1.21 bits per heavy atom. The Labute approximate surface area is 143 Å². The summed E-state index contributed by atoms with van der Waals surface area (Å²) in [4.78, 5) is 0. The summed E-state index contributed by atoms with van der Waals surface area (Å²) < 4.78 is 31.4. The van der Waals surface area contributed by atoms with Gasteiger partial charge >= 0.3 is 6.11 Å². The summed E-state index contributed by atoms with van der Waals surface area (Å²) in [6.45, 7) is 0. The Bertz CT molecular complexity index is 820. The highest BCUT2D eigenvalue weighted by atomic mass is 35.5. The van der Waals surface area contributed by atoms with E-state index in [1.54, 1.807) is 12.1 Å². The van der Waals surface area contributed by atoms with Gasteiger partial charge in [-0.1, -0.05) is 29.8 Å². The van der Waals surface area contributed by atoms with Gasteiger partial charge in [-0.3, -0.25) is 5.01 Å². The summed E-state index contributed by atoms with van der Waals surface area (Å²) in [7, 11) is 1.89. The summed E-state index contributed by atoms with van der Waals surface area (Å²) >= 11 is 5.93. The lowest BCUT2D eigenvalue weighted by Crippen LogP contribution is -2.20. The molecule has 24 heavy (non-hydrogen) atoms. The molecule has 3 nitrogen and oxygen atoms in total. The van der Waals surface area contributed by atoms with E-state index in [-0.39, 0.29) is 18.2 Å². The third-order valence-electron chi connectivity index (χ3n) is 4.42. The van der Waals surface area contributed by atoms with Crippen molar-refractivity contribution in [3.63, 3.8) is 0 Å². The van der Waals surface area contributed by atoms with E-state index in [1.165, 1.54) is 0 Å². The molecule has 0 aliphatic carbocycles. The first-order valence-electron chi connectivity index (χ1n) is 7.67. The van der Waals surface area contributed by atoms with Crippen molar-refractivity contribution in [1.82, 2.24) is 5.01 Å². The molecular weight excluding hydrogens is 334 g/mol. The highest BCUT2D eigenvalue weighted by Gasteiger charge is 2.40. The molecule has 2 aromatic rings. The molecule has 0 bridgehead atoms. The number of halogens is 3. The van der Waals surface area contributed by atoms with Crippen LogP contribution in [0, 0.1) is 0 Å². The second-order valence-corrected chi connectivity index (χ2v) is 6.57. The van der Waals surface area contributed by atoms with E-state index in [9.17, 15) is 8.78 Å². The minimum absolute atomic E-state index is 0.0233. The molecular formula is C18H15ClF2N2O. The maximum Gasteiger partial charge on any atom is 0.402 e. The molecule has 2 aliphatic rings. The Kier molecular flexibility index (Phi) is 3.49. The standard InChI is InChI=1S/C18H15ClF2N2O/c1-23-16(9-15(22-23)11-2-5-14(19)6-3-11)12-4-7-17-13(8-12)10-18(20,21)24-17/h2-8,16H,9-10H2,1H3. The van der Waals surface area contributed by atoms with E-state index < -0.39 is 6.11 Å². The van der Waals surface area contributed by atoms with Crippen LogP contribution in [0.2, 0.25) is 5.02 Å². The van der Waals surface area contributed by atoms with Crippen molar-refractivity contribution < 1.29 is 13.5 Å². The van der Waals surface area contributed by atoms with Gasteiger partial charge in [0.05, 0.1) is 18.2 Å². The third-order valence-corrected chi connectivity index (χ3v) is 4.67. The fourth-order valence-electron chi connectivity index (χ4n) is 3.23. The molecule has 0 N–H and O–H groups in total. The zero-order valence-corrected chi connectivity index (χ0v) is 13.7. The average molecular weight is 349 g/mol. The molecule has 6 heteroatoms. The molecule has 1 unspecified atom stereocenters. The quantitative estimate of drug-likeness (QED) is 0.789. The van der Waals surface area contributed by atoms with Gasteiger partial charge in [0, 0.05) is 24.1 Å². The van der Waals surface area contributed by atoms with Crippen molar-refractivity contribution in [2.75, 3.05) is 7.05 Å². The van der Waals surface area contributed by atoms with Crippen LogP contribution in [0.3, 0.4) is 0 Å². The van der Waals surface area contributed by atoms with E-state index in [1.807, 2.05) is 42.4 Å². The molecule has 0 amide bonds. The van der Waals surface area contributed by atoms with Crippen molar-refractivity contribution >= 4 is 17.3 Å². The topological polar surface area (TPSA) is 24.8 Å². The highest BCUT2D eigenvalue weighted by Crippen LogP contribution is 2.40. The minimum atomic E-state index is -3.10. The lowest BCUT2D eigenvalue weighted by Gasteiger charge is -2.19. The Morgan fingerprint density at radius 2 is 1.96 bits per heavy atom. The van der Waals surface area contributed by atoms with E-state index in [4.69, 9.17) is 11.6 Å². The van der Waals surface area contributed by atoms with Gasteiger partial charge in [-0.15, -0.1) is 0 Å². The molecule has 0 radical (unpaired) electrons. The average Bonchev–Trinajstić information content (AvgIpc) is 3.05. The van der Waals surface area contributed by atoms with Crippen LogP contribution in [0.4, 0.5) is 8.78 Å². The zero-order valence-electron chi connectivity index (χ0n) is 13.0. The number of hydrazone groups is 1. The van der Waals surface area contributed by atoms with Gasteiger partial charge in [-0.25, -0.2) is 0 Å². The number of benzene rings is 2. The van der Waals surface area contributed by atoms with Gasteiger partial charge in [-0.05, 0) is 35.4 Å². The van der Waals surface area contributed by atoms with Crippen LogP contribution in [0.25, 0.3) is 0 Å². The van der Waals surface area contributed by atoms with Gasteiger partial charge in [0.15, 0.2) is 0 Å². The van der Waals surface area contributed by atoms with Crippen LogP contribution in [0.15, 0.2) is 47.6 Å². The van der Waals surface area contributed by atoms with Gasteiger partial charge in [0.1, 0.15) is 5.75 Å². The van der Waals surface area contributed by atoms with Crippen molar-refractivity contribution in [1.29, 1.82) is 0 Å². The minimum Gasteiger partial charge on any atom is -0.432 e. The summed E-state index contributed by atoms with van der Waals surface area (Å²) in [6, 6.07) is 12.8. The van der Waals surface area contributed by atoms with Crippen LogP contribution in [0.1, 0.15) is 29.2 Å². The number of alkyl halides is 2. The Morgan fingerprint density at radius 3 is 2.71 bits per heavy atom. The first kappa shape index (κ1) is 15.4. The van der Waals surface area contributed by atoms with Crippen molar-refractivity contribution in [2.24, 2.45) is 5.10 Å². The molecule has 0 fully saturated rings. The molecule has 2 aliphatic heterocycles. The first-order chi connectivity index (χ1) is 11.4. The normalized spacial score (nSPS) is 21.4. The van der Waals surface area contributed by atoms with Crippen LogP contribution in [-0.4, -0.2) is 23.9 Å². The summed E-state index contributed by atoms with van der Waals surface area (Å²) in [5.41, 5.74) is 3.49. The molecule has 0 spiro atoms. The predicted molar refractivity (Wildman–Crippen MR) is 88.8 cm³/mol. The summed E-state index contributed by atoms with van der Waals surface area (Å²) in [5, 5.41) is 7.15. The lowest BCUT2D eigenvalue weighted by atomic mass is 9.96. The Hall–Kier alpha value is -2.14. The number of fused-ring (bicyclic) bond motifs is 1. The zero-order chi connectivity index (χ0) is 16.9. The van der Waals surface area contributed by atoms with Gasteiger partial charge in [0.25, 0.3) is 0 Å². The molecule has 2 heterocycles. The number of hydrogen-bond donors (Lipinski definition) is 0. The maximum absolute atomic E-state index is 13.4. The van der Waals surface area contributed by atoms with Crippen molar-refractivity contribution in [3.05, 3.63) is 64.2 Å². The second-order valence-electron chi connectivity index (χ2n) is 6.13. The first-order valence-corrected chi connectivity index (χ1v) is 8.05. The van der Waals surface area contributed by atoms with Crippen LogP contribution in [-0.2, 0) is 6.42 Å².